The van der Waals surface area contributed by atoms with Crippen LogP contribution in [0.4, 0.5) is 4.79 Å². The molecule has 1 aliphatic rings. The molecule has 0 saturated carbocycles. The van der Waals surface area contributed by atoms with Gasteiger partial charge in [-0.1, -0.05) is 72.8 Å². The lowest BCUT2D eigenvalue weighted by molar-refractivity contribution is -0.185. The maximum Gasteiger partial charge on any atom is 0.412 e. The second-order valence-corrected chi connectivity index (χ2v) is 7.46. The van der Waals surface area contributed by atoms with E-state index in [1.807, 2.05) is 66.7 Å². The Labute approximate surface area is 181 Å². The van der Waals surface area contributed by atoms with E-state index in [1.165, 1.54) is 4.90 Å². The van der Waals surface area contributed by atoms with E-state index in [1.54, 1.807) is 25.1 Å². The van der Waals surface area contributed by atoms with E-state index in [0.29, 0.717) is 17.9 Å². The zero-order valence-electron chi connectivity index (χ0n) is 17.3. The molecule has 6 nitrogen and oxygen atoms in total. The predicted octanol–water partition coefficient (Wildman–Crippen LogP) is 4.43. The lowest BCUT2D eigenvalue weighted by atomic mass is 9.99. The van der Waals surface area contributed by atoms with Gasteiger partial charge in [-0.2, -0.15) is 0 Å². The number of benzene rings is 3. The molecule has 0 aliphatic carbocycles. The Morgan fingerprint density at radius 3 is 2.32 bits per heavy atom. The molecule has 1 heterocycles. The maximum absolute atomic E-state index is 12.6. The van der Waals surface area contributed by atoms with Crippen molar-refractivity contribution in [2.45, 2.75) is 32.0 Å². The van der Waals surface area contributed by atoms with Crippen molar-refractivity contribution < 1.29 is 24.1 Å². The normalized spacial score (nSPS) is 20.5. The number of carbonyl (C=O) groups is 1. The Kier molecular flexibility index (Phi) is 6.21. The van der Waals surface area contributed by atoms with Crippen molar-refractivity contribution in [1.82, 2.24) is 4.90 Å². The first-order valence-corrected chi connectivity index (χ1v) is 10.2. The topological polar surface area (TPSA) is 68.2 Å². The van der Waals surface area contributed by atoms with Crippen molar-refractivity contribution in [3.63, 3.8) is 0 Å². The second-order valence-electron chi connectivity index (χ2n) is 7.46. The molecule has 2 atom stereocenters. The number of carbonyl (C=O) groups excluding carboxylic acids is 1. The van der Waals surface area contributed by atoms with Crippen LogP contribution in [0.2, 0.25) is 0 Å². The zero-order chi connectivity index (χ0) is 21.7. The summed E-state index contributed by atoms with van der Waals surface area (Å²) in [4.78, 5) is 13.9. The molecule has 1 saturated heterocycles. The van der Waals surface area contributed by atoms with Crippen LogP contribution in [0.5, 0.6) is 5.75 Å². The van der Waals surface area contributed by atoms with Gasteiger partial charge in [-0.25, -0.2) is 4.79 Å². The smallest absolute Gasteiger partial charge is 0.412 e. The van der Waals surface area contributed by atoms with Gasteiger partial charge in [-0.3, -0.25) is 4.90 Å². The van der Waals surface area contributed by atoms with Crippen molar-refractivity contribution in [2.24, 2.45) is 0 Å². The van der Waals surface area contributed by atoms with Gasteiger partial charge in [0.2, 0.25) is 5.79 Å². The van der Waals surface area contributed by atoms with E-state index in [9.17, 15) is 9.90 Å². The van der Waals surface area contributed by atoms with E-state index >= 15 is 0 Å². The third kappa shape index (κ3) is 4.71. The Morgan fingerprint density at radius 2 is 1.65 bits per heavy atom. The van der Waals surface area contributed by atoms with Crippen LogP contribution < -0.4 is 4.74 Å². The Balaban J connectivity index is 1.41. The van der Waals surface area contributed by atoms with Crippen molar-refractivity contribution in [2.75, 3.05) is 6.73 Å². The fraction of sp³-hybridized carbons (Fsp3) is 0.240. The summed E-state index contributed by atoms with van der Waals surface area (Å²) in [6.45, 7) is 2.23. The van der Waals surface area contributed by atoms with Crippen LogP contribution in [-0.2, 0) is 28.5 Å². The van der Waals surface area contributed by atoms with E-state index in [-0.39, 0.29) is 13.3 Å². The minimum Gasteiger partial charge on any atom is -0.489 e. The van der Waals surface area contributed by atoms with E-state index in [0.717, 1.165) is 11.1 Å². The Hall–Kier alpha value is -3.35. The Bertz CT molecular complexity index is 1010. The molecule has 0 aromatic heterocycles. The summed E-state index contributed by atoms with van der Waals surface area (Å²) in [6.07, 6.45) is -0.538. The fourth-order valence-electron chi connectivity index (χ4n) is 3.50. The molecule has 1 aliphatic heterocycles. The highest BCUT2D eigenvalue weighted by Crippen LogP contribution is 2.37. The Morgan fingerprint density at radius 1 is 1.00 bits per heavy atom. The maximum atomic E-state index is 12.6. The molecule has 31 heavy (non-hydrogen) atoms. The quantitative estimate of drug-likeness (QED) is 0.640. The van der Waals surface area contributed by atoms with Gasteiger partial charge < -0.3 is 19.3 Å². The number of rotatable bonds is 6. The predicted molar refractivity (Wildman–Crippen MR) is 115 cm³/mol. The van der Waals surface area contributed by atoms with Crippen LogP contribution in [0.3, 0.4) is 0 Å². The summed E-state index contributed by atoms with van der Waals surface area (Å²) >= 11 is 0. The van der Waals surface area contributed by atoms with Crippen molar-refractivity contribution in [1.29, 1.82) is 0 Å². The SMILES string of the molecule is C[C@@H]1N(C(=O)OCc2ccccc2)COC1(O)c1cccc(OCc2ccccc2)c1. The molecule has 6 heteroatoms. The molecule has 0 spiro atoms. The van der Waals surface area contributed by atoms with Gasteiger partial charge in [0, 0.05) is 5.56 Å². The van der Waals surface area contributed by atoms with Gasteiger partial charge in [0.25, 0.3) is 0 Å². The lowest BCUT2D eigenvalue weighted by Gasteiger charge is -2.29. The van der Waals surface area contributed by atoms with E-state index < -0.39 is 17.9 Å². The van der Waals surface area contributed by atoms with Crippen molar-refractivity contribution >= 4 is 6.09 Å². The van der Waals surface area contributed by atoms with Crippen molar-refractivity contribution in [3.8, 4) is 5.75 Å². The highest BCUT2D eigenvalue weighted by Gasteiger charge is 2.49. The number of amides is 1. The first-order chi connectivity index (χ1) is 15.1. The summed E-state index contributed by atoms with van der Waals surface area (Å²) in [5.41, 5.74) is 2.45. The third-order valence-corrected chi connectivity index (χ3v) is 5.39. The monoisotopic (exact) mass is 419 g/mol. The number of nitrogens with zero attached hydrogens (tertiary/aromatic N) is 1. The molecule has 3 aromatic rings. The standard InChI is InChI=1S/C25H25NO5/c1-19-25(28,31-18-26(19)24(27)30-17-21-11-6-3-7-12-21)22-13-8-14-23(15-22)29-16-20-9-4-2-5-10-20/h2-15,19,28H,16-18H2,1H3/t19-,25?/m0/s1. The van der Waals surface area contributed by atoms with Gasteiger partial charge in [0.05, 0.1) is 6.04 Å². The first-order valence-electron chi connectivity index (χ1n) is 10.2. The molecular formula is C25H25NO5. The average Bonchev–Trinajstić information content (AvgIpc) is 3.13. The molecule has 4 rings (SSSR count). The number of hydrogen-bond donors (Lipinski definition) is 1. The van der Waals surface area contributed by atoms with Crippen LogP contribution >= 0.6 is 0 Å². The minimum absolute atomic E-state index is 0.0691. The molecule has 3 aromatic carbocycles. The zero-order valence-corrected chi connectivity index (χ0v) is 17.3. The van der Waals surface area contributed by atoms with E-state index in [4.69, 9.17) is 14.2 Å². The van der Waals surface area contributed by atoms with Crippen LogP contribution in [0.25, 0.3) is 0 Å². The van der Waals surface area contributed by atoms with Gasteiger partial charge in [0.1, 0.15) is 25.7 Å². The summed E-state index contributed by atoms with van der Waals surface area (Å²) in [5.74, 6) is -1.05. The summed E-state index contributed by atoms with van der Waals surface area (Å²) in [5, 5.41) is 11.2. The number of aliphatic hydroxyl groups is 1. The minimum atomic E-state index is -1.65. The molecule has 0 bridgehead atoms. The summed E-state index contributed by atoms with van der Waals surface area (Å²) < 4.78 is 16.9. The van der Waals surface area contributed by atoms with Gasteiger partial charge in [-0.15, -0.1) is 0 Å². The van der Waals surface area contributed by atoms with Crippen LogP contribution in [0.1, 0.15) is 23.6 Å². The largest absolute Gasteiger partial charge is 0.489 e. The van der Waals surface area contributed by atoms with Gasteiger partial charge >= 0.3 is 6.09 Å². The highest BCUT2D eigenvalue weighted by atomic mass is 16.7. The van der Waals surface area contributed by atoms with Crippen molar-refractivity contribution in [3.05, 3.63) is 102 Å². The summed E-state index contributed by atoms with van der Waals surface area (Å²) in [6, 6.07) is 25.7. The van der Waals surface area contributed by atoms with Crippen LogP contribution in [0.15, 0.2) is 84.9 Å². The van der Waals surface area contributed by atoms with Gasteiger partial charge in [-0.05, 0) is 30.2 Å². The van der Waals surface area contributed by atoms with E-state index in [2.05, 4.69) is 0 Å². The average molecular weight is 419 g/mol. The lowest BCUT2D eigenvalue weighted by Crippen LogP contribution is -2.43. The molecular weight excluding hydrogens is 394 g/mol. The molecule has 160 valence electrons. The summed E-state index contributed by atoms with van der Waals surface area (Å²) in [7, 11) is 0. The van der Waals surface area contributed by atoms with Crippen LogP contribution in [-0.4, -0.2) is 28.9 Å². The number of ether oxygens (including phenoxy) is 3. The third-order valence-electron chi connectivity index (χ3n) is 5.39. The molecule has 1 unspecified atom stereocenters. The molecule has 1 amide bonds. The molecule has 1 fully saturated rings. The second kappa shape index (κ2) is 9.20. The van der Waals surface area contributed by atoms with Gasteiger partial charge in [0.15, 0.2) is 0 Å². The first kappa shape index (κ1) is 20.9. The highest BCUT2D eigenvalue weighted by molar-refractivity contribution is 5.68. The molecule has 1 N–H and O–H groups in total. The number of hydrogen-bond acceptors (Lipinski definition) is 5. The van der Waals surface area contributed by atoms with Crippen LogP contribution in [0, 0.1) is 0 Å². The fourth-order valence-corrected chi connectivity index (χ4v) is 3.50. The molecule has 0 radical (unpaired) electrons.